The number of nitrogen functional groups attached to an aromatic ring is 1. The molecule has 0 aliphatic carbocycles. The van der Waals surface area contributed by atoms with E-state index in [1.165, 1.54) is 12.1 Å². The van der Waals surface area contributed by atoms with Crippen molar-refractivity contribution in [1.82, 2.24) is 5.32 Å². The summed E-state index contributed by atoms with van der Waals surface area (Å²) in [7, 11) is 0. The van der Waals surface area contributed by atoms with Gasteiger partial charge in [0.2, 0.25) is 0 Å². The fourth-order valence-electron chi connectivity index (χ4n) is 1.95. The van der Waals surface area contributed by atoms with Gasteiger partial charge in [0.1, 0.15) is 11.6 Å². The zero-order chi connectivity index (χ0) is 15.6. The number of hydrogen-bond donors (Lipinski definition) is 2. The monoisotopic (exact) mass is 354 g/mol. The van der Waals surface area contributed by atoms with Crippen LogP contribution in [0.4, 0.5) is 14.5 Å². The highest BCUT2D eigenvalue weighted by atomic mass is 79.9. The minimum Gasteiger partial charge on any atom is -0.399 e. The van der Waals surface area contributed by atoms with Crippen molar-refractivity contribution in [1.29, 1.82) is 0 Å². The molecule has 0 saturated carbocycles. The lowest BCUT2D eigenvalue weighted by Crippen LogP contribution is -2.27. The van der Waals surface area contributed by atoms with Gasteiger partial charge in [-0.05, 0) is 31.2 Å². The van der Waals surface area contributed by atoms with Gasteiger partial charge in [0.15, 0.2) is 0 Å². The first-order valence-electron chi connectivity index (χ1n) is 6.18. The van der Waals surface area contributed by atoms with Crippen molar-refractivity contribution >= 4 is 27.5 Å². The van der Waals surface area contributed by atoms with Crippen LogP contribution in [-0.4, -0.2) is 5.91 Å². The van der Waals surface area contributed by atoms with Crippen molar-refractivity contribution in [2.75, 3.05) is 5.73 Å². The van der Waals surface area contributed by atoms with Crippen LogP contribution in [0.1, 0.15) is 28.9 Å². The standard InChI is InChI=1S/C15H13BrF2N2O/c1-8(13-3-2-11(17)7-14(13)18)20-15(21)9-4-10(16)6-12(19)5-9/h2-8H,19H2,1H3,(H,20,21). The molecule has 3 nitrogen and oxygen atoms in total. The van der Waals surface area contributed by atoms with Crippen molar-refractivity contribution in [2.45, 2.75) is 13.0 Å². The molecular formula is C15H13BrF2N2O. The van der Waals surface area contributed by atoms with Crippen LogP contribution in [0.5, 0.6) is 0 Å². The maximum atomic E-state index is 13.7. The predicted octanol–water partition coefficient (Wildman–Crippen LogP) is 3.80. The van der Waals surface area contributed by atoms with E-state index < -0.39 is 17.7 Å². The first-order valence-corrected chi connectivity index (χ1v) is 6.98. The number of benzene rings is 2. The molecule has 0 saturated heterocycles. The number of carbonyl (C=O) groups is 1. The Balaban J connectivity index is 2.18. The van der Waals surface area contributed by atoms with Gasteiger partial charge >= 0.3 is 0 Å². The van der Waals surface area contributed by atoms with Crippen molar-refractivity contribution in [2.24, 2.45) is 0 Å². The highest BCUT2D eigenvalue weighted by Crippen LogP contribution is 2.20. The topological polar surface area (TPSA) is 55.1 Å². The van der Waals surface area contributed by atoms with Gasteiger partial charge < -0.3 is 11.1 Å². The van der Waals surface area contributed by atoms with Gasteiger partial charge in [-0.3, -0.25) is 4.79 Å². The summed E-state index contributed by atoms with van der Waals surface area (Å²) in [5, 5.41) is 2.65. The minimum absolute atomic E-state index is 0.215. The Bertz CT molecular complexity index is 671. The van der Waals surface area contributed by atoms with Crippen LogP contribution in [0.25, 0.3) is 0 Å². The number of nitrogens with two attached hydrogens (primary N) is 1. The lowest BCUT2D eigenvalue weighted by Gasteiger charge is -2.15. The molecule has 1 amide bonds. The number of carbonyl (C=O) groups excluding carboxylic acids is 1. The minimum atomic E-state index is -0.698. The zero-order valence-corrected chi connectivity index (χ0v) is 12.7. The Morgan fingerprint density at radius 2 is 1.95 bits per heavy atom. The number of rotatable bonds is 3. The molecule has 3 N–H and O–H groups in total. The van der Waals surface area contributed by atoms with Crippen molar-refractivity contribution in [3.8, 4) is 0 Å². The molecule has 110 valence electrons. The maximum absolute atomic E-state index is 13.7. The van der Waals surface area contributed by atoms with Gasteiger partial charge in [0.25, 0.3) is 5.91 Å². The third-order valence-corrected chi connectivity index (χ3v) is 3.42. The number of anilines is 1. The summed E-state index contributed by atoms with van der Waals surface area (Å²) < 4.78 is 27.2. The highest BCUT2D eigenvalue weighted by Gasteiger charge is 2.16. The van der Waals surface area contributed by atoms with Crippen LogP contribution in [-0.2, 0) is 0 Å². The van der Waals surface area contributed by atoms with Crippen LogP contribution < -0.4 is 11.1 Å². The van der Waals surface area contributed by atoms with E-state index in [1.54, 1.807) is 19.1 Å². The molecule has 6 heteroatoms. The van der Waals surface area contributed by atoms with E-state index in [-0.39, 0.29) is 11.5 Å². The Morgan fingerprint density at radius 3 is 2.57 bits per heavy atom. The molecule has 1 unspecified atom stereocenters. The molecule has 0 bridgehead atoms. The maximum Gasteiger partial charge on any atom is 0.251 e. The van der Waals surface area contributed by atoms with Crippen LogP contribution in [0, 0.1) is 11.6 Å². The average Bonchev–Trinajstić information content (AvgIpc) is 2.37. The fraction of sp³-hybridized carbons (Fsp3) is 0.133. The van der Waals surface area contributed by atoms with Gasteiger partial charge in [-0.1, -0.05) is 22.0 Å². The summed E-state index contributed by atoms with van der Waals surface area (Å²) in [4.78, 5) is 12.1. The second-order valence-corrected chi connectivity index (χ2v) is 5.55. The van der Waals surface area contributed by atoms with E-state index in [0.29, 0.717) is 15.7 Å². The molecule has 0 spiro atoms. The first-order chi connectivity index (χ1) is 9.86. The average molecular weight is 355 g/mol. The lowest BCUT2D eigenvalue weighted by atomic mass is 10.1. The summed E-state index contributed by atoms with van der Waals surface area (Å²) in [6.07, 6.45) is 0. The van der Waals surface area contributed by atoms with Crippen LogP contribution in [0.3, 0.4) is 0 Å². The predicted molar refractivity (Wildman–Crippen MR) is 80.8 cm³/mol. The normalized spacial score (nSPS) is 12.0. The van der Waals surface area contributed by atoms with Gasteiger partial charge in [-0.15, -0.1) is 0 Å². The molecule has 0 heterocycles. The fourth-order valence-corrected chi connectivity index (χ4v) is 2.46. The molecule has 0 aliphatic rings. The van der Waals surface area contributed by atoms with E-state index in [0.717, 1.165) is 12.1 Å². The molecule has 0 radical (unpaired) electrons. The molecule has 2 rings (SSSR count). The number of amides is 1. The van der Waals surface area contributed by atoms with Gasteiger partial charge in [-0.25, -0.2) is 8.78 Å². The lowest BCUT2D eigenvalue weighted by molar-refractivity contribution is 0.0939. The summed E-state index contributed by atoms with van der Waals surface area (Å²) in [6, 6.07) is 7.45. The van der Waals surface area contributed by atoms with E-state index in [2.05, 4.69) is 21.2 Å². The number of hydrogen-bond acceptors (Lipinski definition) is 2. The Hall–Kier alpha value is -1.95. The smallest absolute Gasteiger partial charge is 0.251 e. The second-order valence-electron chi connectivity index (χ2n) is 4.63. The Kier molecular flexibility index (Phi) is 4.57. The molecule has 0 aliphatic heterocycles. The molecule has 1 atom stereocenters. The highest BCUT2D eigenvalue weighted by molar-refractivity contribution is 9.10. The van der Waals surface area contributed by atoms with E-state index in [4.69, 9.17) is 5.73 Å². The van der Waals surface area contributed by atoms with E-state index in [9.17, 15) is 13.6 Å². The summed E-state index contributed by atoms with van der Waals surface area (Å²) in [5.74, 6) is -1.75. The second kappa shape index (κ2) is 6.22. The van der Waals surface area contributed by atoms with Crippen molar-refractivity contribution < 1.29 is 13.6 Å². The Labute approximate surface area is 129 Å². The summed E-state index contributed by atoms with van der Waals surface area (Å²) >= 11 is 3.25. The van der Waals surface area contributed by atoms with E-state index in [1.807, 2.05) is 0 Å². The molecule has 0 fully saturated rings. The van der Waals surface area contributed by atoms with Crippen LogP contribution >= 0.6 is 15.9 Å². The first kappa shape index (κ1) is 15.4. The molecular weight excluding hydrogens is 342 g/mol. The van der Waals surface area contributed by atoms with Gasteiger partial charge in [0.05, 0.1) is 6.04 Å². The SMILES string of the molecule is CC(NC(=O)c1cc(N)cc(Br)c1)c1ccc(F)cc1F. The van der Waals surface area contributed by atoms with Gasteiger partial charge in [0, 0.05) is 27.4 Å². The number of halogens is 3. The van der Waals surface area contributed by atoms with Crippen molar-refractivity contribution in [3.63, 3.8) is 0 Å². The van der Waals surface area contributed by atoms with Gasteiger partial charge in [-0.2, -0.15) is 0 Å². The molecule has 2 aromatic rings. The van der Waals surface area contributed by atoms with Crippen molar-refractivity contribution in [3.05, 3.63) is 63.6 Å². The molecule has 2 aromatic carbocycles. The molecule has 21 heavy (non-hydrogen) atoms. The number of nitrogens with one attached hydrogen (secondary N) is 1. The van der Waals surface area contributed by atoms with Crippen LogP contribution in [0.15, 0.2) is 40.9 Å². The van der Waals surface area contributed by atoms with E-state index >= 15 is 0 Å². The zero-order valence-electron chi connectivity index (χ0n) is 11.2. The third-order valence-electron chi connectivity index (χ3n) is 2.96. The third kappa shape index (κ3) is 3.78. The summed E-state index contributed by atoms with van der Waals surface area (Å²) in [5.41, 5.74) is 6.68. The molecule has 0 aromatic heterocycles. The Morgan fingerprint density at radius 1 is 1.24 bits per heavy atom. The quantitative estimate of drug-likeness (QED) is 0.823. The largest absolute Gasteiger partial charge is 0.399 e. The van der Waals surface area contributed by atoms with Crippen LogP contribution in [0.2, 0.25) is 0 Å². The summed E-state index contributed by atoms with van der Waals surface area (Å²) in [6.45, 7) is 1.62.